The standard InChI is InChI=1S/C20H20ClN7S/c1-2-12-28-18(22-25-26-28)14-29-20-24-23-19(16-10-6-7-11-17(16)21)27(20)13-15-8-4-3-5-9-15/h3-11H,2,12-14H2,1H3. The molecule has 0 amide bonds. The van der Waals surface area contributed by atoms with E-state index >= 15 is 0 Å². The highest BCUT2D eigenvalue weighted by molar-refractivity contribution is 7.98. The van der Waals surface area contributed by atoms with E-state index in [1.165, 1.54) is 5.56 Å². The fourth-order valence-electron chi connectivity index (χ4n) is 2.99. The summed E-state index contributed by atoms with van der Waals surface area (Å²) < 4.78 is 3.93. The quantitative estimate of drug-likeness (QED) is 0.391. The van der Waals surface area contributed by atoms with E-state index in [9.17, 15) is 0 Å². The average molecular weight is 426 g/mol. The molecule has 0 atom stereocenters. The molecule has 0 N–H and O–H groups in total. The van der Waals surface area contributed by atoms with E-state index in [0.29, 0.717) is 17.3 Å². The maximum absolute atomic E-state index is 6.44. The number of hydrogen-bond acceptors (Lipinski definition) is 6. The summed E-state index contributed by atoms with van der Waals surface area (Å²) >= 11 is 8.01. The van der Waals surface area contributed by atoms with Gasteiger partial charge in [-0.1, -0.05) is 72.8 Å². The normalized spacial score (nSPS) is 11.1. The Morgan fingerprint density at radius 1 is 0.966 bits per heavy atom. The maximum atomic E-state index is 6.44. The lowest BCUT2D eigenvalue weighted by Gasteiger charge is -2.11. The van der Waals surface area contributed by atoms with Crippen LogP contribution in [0, 0.1) is 0 Å². The number of aryl methyl sites for hydroxylation is 1. The van der Waals surface area contributed by atoms with Crippen LogP contribution >= 0.6 is 23.4 Å². The number of halogens is 1. The van der Waals surface area contributed by atoms with Crippen molar-refractivity contribution in [2.45, 2.75) is 37.3 Å². The number of thioether (sulfide) groups is 1. The number of rotatable bonds is 8. The molecular formula is C20H20ClN7S. The molecule has 0 unspecified atom stereocenters. The molecule has 2 heterocycles. The fourth-order valence-corrected chi connectivity index (χ4v) is 4.08. The molecule has 9 heteroatoms. The first-order chi connectivity index (χ1) is 14.3. The zero-order valence-corrected chi connectivity index (χ0v) is 17.5. The van der Waals surface area contributed by atoms with Gasteiger partial charge < -0.3 is 0 Å². The third-order valence-corrected chi connectivity index (χ3v) is 5.68. The van der Waals surface area contributed by atoms with Crippen LogP contribution in [0.4, 0.5) is 0 Å². The molecule has 2 aromatic carbocycles. The van der Waals surface area contributed by atoms with Gasteiger partial charge >= 0.3 is 0 Å². The van der Waals surface area contributed by atoms with Crippen LogP contribution in [0.2, 0.25) is 5.02 Å². The molecule has 0 saturated carbocycles. The average Bonchev–Trinajstić information content (AvgIpc) is 3.35. The highest BCUT2D eigenvalue weighted by Gasteiger charge is 2.18. The monoisotopic (exact) mass is 425 g/mol. The lowest BCUT2D eigenvalue weighted by atomic mass is 10.2. The molecule has 4 aromatic rings. The summed E-state index contributed by atoms with van der Waals surface area (Å²) in [4.78, 5) is 0. The molecule has 29 heavy (non-hydrogen) atoms. The molecule has 2 aromatic heterocycles. The second-order valence-electron chi connectivity index (χ2n) is 6.46. The molecule has 0 aliphatic heterocycles. The molecule has 0 bridgehead atoms. The van der Waals surface area contributed by atoms with Crippen LogP contribution in [0.3, 0.4) is 0 Å². The molecule has 0 radical (unpaired) electrons. The van der Waals surface area contributed by atoms with Crippen LogP contribution in [-0.2, 0) is 18.8 Å². The zero-order chi connectivity index (χ0) is 20.1. The molecule has 7 nitrogen and oxygen atoms in total. The summed E-state index contributed by atoms with van der Waals surface area (Å²) in [5, 5.41) is 22.3. The molecule has 0 fully saturated rings. The van der Waals surface area contributed by atoms with E-state index in [1.807, 2.05) is 47.1 Å². The predicted octanol–water partition coefficient (Wildman–Crippen LogP) is 4.34. The number of tetrazole rings is 1. The summed E-state index contributed by atoms with van der Waals surface area (Å²) in [5.41, 5.74) is 2.03. The molecule has 0 saturated heterocycles. The predicted molar refractivity (Wildman–Crippen MR) is 114 cm³/mol. The Labute approximate surface area is 178 Å². The molecule has 4 rings (SSSR count). The molecule has 0 aliphatic carbocycles. The number of benzene rings is 2. The Morgan fingerprint density at radius 2 is 1.76 bits per heavy atom. The minimum atomic E-state index is 0.614. The van der Waals surface area contributed by atoms with E-state index in [2.05, 4.69) is 49.3 Å². The van der Waals surface area contributed by atoms with E-state index < -0.39 is 0 Å². The Balaban J connectivity index is 1.66. The SMILES string of the molecule is CCCn1nnnc1CSc1nnc(-c2ccccc2Cl)n1Cc1ccccc1. The van der Waals surface area contributed by atoms with Crippen molar-refractivity contribution in [3.8, 4) is 11.4 Å². The van der Waals surface area contributed by atoms with Crippen LogP contribution in [0.1, 0.15) is 24.7 Å². The van der Waals surface area contributed by atoms with Crippen LogP contribution in [0.15, 0.2) is 59.8 Å². The van der Waals surface area contributed by atoms with Crippen molar-refractivity contribution in [3.05, 3.63) is 71.0 Å². The van der Waals surface area contributed by atoms with Gasteiger partial charge in [0, 0.05) is 12.1 Å². The van der Waals surface area contributed by atoms with Gasteiger partial charge in [0.2, 0.25) is 0 Å². The van der Waals surface area contributed by atoms with Crippen molar-refractivity contribution < 1.29 is 0 Å². The van der Waals surface area contributed by atoms with Crippen molar-refractivity contribution in [1.29, 1.82) is 0 Å². The Kier molecular flexibility index (Phi) is 6.21. The van der Waals surface area contributed by atoms with Crippen LogP contribution in [0.25, 0.3) is 11.4 Å². The van der Waals surface area contributed by atoms with Crippen LogP contribution in [0.5, 0.6) is 0 Å². The van der Waals surface area contributed by atoms with Gasteiger partial charge in [-0.05, 0) is 34.5 Å². The minimum Gasteiger partial charge on any atom is -0.297 e. The first kappa shape index (κ1) is 19.6. The zero-order valence-electron chi connectivity index (χ0n) is 15.9. The number of nitrogens with zero attached hydrogens (tertiary/aromatic N) is 7. The Hall–Kier alpha value is -2.71. The summed E-state index contributed by atoms with van der Waals surface area (Å²) in [5.74, 6) is 2.18. The van der Waals surface area contributed by atoms with Gasteiger partial charge in [0.15, 0.2) is 16.8 Å². The summed E-state index contributed by atoms with van der Waals surface area (Å²) in [6.45, 7) is 3.55. The lowest BCUT2D eigenvalue weighted by Crippen LogP contribution is -2.06. The van der Waals surface area contributed by atoms with Crippen molar-refractivity contribution in [2.75, 3.05) is 0 Å². The number of aromatic nitrogens is 7. The van der Waals surface area contributed by atoms with Gasteiger partial charge in [-0.15, -0.1) is 15.3 Å². The Bertz CT molecular complexity index is 1080. The Morgan fingerprint density at radius 3 is 2.55 bits per heavy atom. The molecule has 148 valence electrons. The van der Waals surface area contributed by atoms with Crippen LogP contribution < -0.4 is 0 Å². The third kappa shape index (κ3) is 4.49. The van der Waals surface area contributed by atoms with Gasteiger partial charge in [-0.3, -0.25) is 4.57 Å². The van der Waals surface area contributed by atoms with Crippen molar-refractivity contribution in [3.63, 3.8) is 0 Å². The van der Waals surface area contributed by atoms with Gasteiger partial charge in [-0.25, -0.2) is 4.68 Å². The van der Waals surface area contributed by atoms with Gasteiger partial charge in [0.25, 0.3) is 0 Å². The van der Waals surface area contributed by atoms with E-state index in [4.69, 9.17) is 11.6 Å². The second kappa shape index (κ2) is 9.19. The van der Waals surface area contributed by atoms with E-state index in [-0.39, 0.29) is 0 Å². The first-order valence-corrected chi connectivity index (χ1v) is 10.7. The third-order valence-electron chi connectivity index (χ3n) is 4.39. The summed E-state index contributed by atoms with van der Waals surface area (Å²) in [6, 6.07) is 17.9. The van der Waals surface area contributed by atoms with Crippen molar-refractivity contribution in [1.82, 2.24) is 35.0 Å². The molecular weight excluding hydrogens is 406 g/mol. The fraction of sp³-hybridized carbons (Fsp3) is 0.250. The summed E-state index contributed by atoms with van der Waals surface area (Å²) in [6.07, 6.45) is 0.976. The molecule has 0 aliphatic rings. The van der Waals surface area contributed by atoms with Crippen molar-refractivity contribution >= 4 is 23.4 Å². The van der Waals surface area contributed by atoms with E-state index in [0.717, 1.165) is 35.3 Å². The number of hydrogen-bond donors (Lipinski definition) is 0. The first-order valence-electron chi connectivity index (χ1n) is 9.36. The molecule has 0 spiro atoms. The maximum Gasteiger partial charge on any atom is 0.192 e. The lowest BCUT2D eigenvalue weighted by molar-refractivity contribution is 0.564. The second-order valence-corrected chi connectivity index (χ2v) is 7.81. The summed E-state index contributed by atoms with van der Waals surface area (Å²) in [7, 11) is 0. The van der Waals surface area contributed by atoms with Crippen LogP contribution in [-0.4, -0.2) is 35.0 Å². The van der Waals surface area contributed by atoms with E-state index in [1.54, 1.807) is 11.8 Å². The van der Waals surface area contributed by atoms with Gasteiger partial charge in [-0.2, -0.15) is 0 Å². The van der Waals surface area contributed by atoms with Gasteiger partial charge in [0.05, 0.1) is 17.3 Å². The largest absolute Gasteiger partial charge is 0.297 e. The van der Waals surface area contributed by atoms with Crippen molar-refractivity contribution in [2.24, 2.45) is 0 Å². The topological polar surface area (TPSA) is 74.3 Å². The highest BCUT2D eigenvalue weighted by atomic mass is 35.5. The smallest absolute Gasteiger partial charge is 0.192 e. The van der Waals surface area contributed by atoms with Gasteiger partial charge in [0.1, 0.15) is 0 Å². The minimum absolute atomic E-state index is 0.614. The highest BCUT2D eigenvalue weighted by Crippen LogP contribution is 2.30.